The average Bonchev–Trinajstić information content (AvgIpc) is 2.58. The van der Waals surface area contributed by atoms with Gasteiger partial charge in [-0.25, -0.2) is 0 Å². The number of rotatable bonds is 2. The first-order valence-electron chi connectivity index (χ1n) is 6.11. The van der Waals surface area contributed by atoms with Gasteiger partial charge in [0, 0.05) is 15.1 Å². The molecule has 0 aliphatic carbocycles. The second-order valence-electron chi connectivity index (χ2n) is 4.44. The SMILES string of the molecule is O=C(NC1CCCCNC1=O)c1cc(Cl)ccc1I. The predicted octanol–water partition coefficient (Wildman–Crippen LogP) is 2.34. The molecule has 1 aliphatic rings. The van der Waals surface area contributed by atoms with E-state index < -0.39 is 6.04 Å². The molecule has 4 nitrogen and oxygen atoms in total. The third kappa shape index (κ3) is 3.82. The molecule has 1 atom stereocenters. The molecule has 1 unspecified atom stereocenters. The first-order valence-corrected chi connectivity index (χ1v) is 7.57. The van der Waals surface area contributed by atoms with Crippen LogP contribution in [-0.4, -0.2) is 24.4 Å². The van der Waals surface area contributed by atoms with Crippen molar-refractivity contribution in [1.82, 2.24) is 10.6 Å². The van der Waals surface area contributed by atoms with Gasteiger partial charge in [-0.05, 0) is 60.1 Å². The summed E-state index contributed by atoms with van der Waals surface area (Å²) >= 11 is 7.98. The minimum Gasteiger partial charge on any atom is -0.354 e. The Morgan fingerprint density at radius 1 is 1.42 bits per heavy atom. The lowest BCUT2D eigenvalue weighted by atomic mass is 10.1. The van der Waals surface area contributed by atoms with Gasteiger partial charge in [-0.1, -0.05) is 11.6 Å². The summed E-state index contributed by atoms with van der Waals surface area (Å²) in [6.07, 6.45) is 2.55. The van der Waals surface area contributed by atoms with Crippen molar-refractivity contribution in [2.75, 3.05) is 6.54 Å². The van der Waals surface area contributed by atoms with Gasteiger partial charge in [0.1, 0.15) is 6.04 Å². The average molecular weight is 393 g/mol. The minimum atomic E-state index is -0.454. The molecule has 19 heavy (non-hydrogen) atoms. The summed E-state index contributed by atoms with van der Waals surface area (Å²) in [4.78, 5) is 24.0. The van der Waals surface area contributed by atoms with Crippen LogP contribution in [0.2, 0.25) is 5.02 Å². The van der Waals surface area contributed by atoms with Crippen LogP contribution in [0.5, 0.6) is 0 Å². The summed E-state index contributed by atoms with van der Waals surface area (Å²) < 4.78 is 0.813. The summed E-state index contributed by atoms with van der Waals surface area (Å²) in [6.45, 7) is 0.680. The van der Waals surface area contributed by atoms with Gasteiger partial charge in [0.05, 0.1) is 5.56 Å². The lowest BCUT2D eigenvalue weighted by Gasteiger charge is -2.15. The van der Waals surface area contributed by atoms with E-state index >= 15 is 0 Å². The van der Waals surface area contributed by atoms with Crippen LogP contribution >= 0.6 is 34.2 Å². The van der Waals surface area contributed by atoms with Gasteiger partial charge in [0.2, 0.25) is 5.91 Å². The number of halogens is 2. The van der Waals surface area contributed by atoms with Gasteiger partial charge in [0.15, 0.2) is 0 Å². The fraction of sp³-hybridized carbons (Fsp3) is 0.385. The molecule has 1 heterocycles. The smallest absolute Gasteiger partial charge is 0.253 e. The monoisotopic (exact) mass is 392 g/mol. The summed E-state index contributed by atoms with van der Waals surface area (Å²) in [5.41, 5.74) is 0.505. The molecule has 102 valence electrons. The quantitative estimate of drug-likeness (QED) is 0.759. The molecular formula is C13H14ClIN2O2. The van der Waals surface area contributed by atoms with Crippen molar-refractivity contribution in [1.29, 1.82) is 0 Å². The molecule has 1 aromatic rings. The maximum absolute atomic E-state index is 12.2. The van der Waals surface area contributed by atoms with Crippen LogP contribution in [0.4, 0.5) is 0 Å². The van der Waals surface area contributed by atoms with Gasteiger partial charge >= 0.3 is 0 Å². The van der Waals surface area contributed by atoms with Crippen LogP contribution in [0.25, 0.3) is 0 Å². The Kier molecular flexibility index (Phi) is 5.04. The molecule has 1 aliphatic heterocycles. The van der Waals surface area contributed by atoms with Crippen LogP contribution in [-0.2, 0) is 4.79 Å². The number of hydrogen-bond donors (Lipinski definition) is 2. The highest BCUT2D eigenvalue weighted by Gasteiger charge is 2.23. The lowest BCUT2D eigenvalue weighted by Crippen LogP contribution is -2.45. The van der Waals surface area contributed by atoms with E-state index in [4.69, 9.17) is 11.6 Å². The first kappa shape index (κ1) is 14.6. The Labute approximate surface area is 130 Å². The number of nitrogens with one attached hydrogen (secondary N) is 2. The zero-order chi connectivity index (χ0) is 13.8. The molecule has 1 fully saturated rings. The van der Waals surface area contributed by atoms with Crippen LogP contribution in [0.15, 0.2) is 18.2 Å². The lowest BCUT2D eigenvalue weighted by molar-refractivity contribution is -0.122. The van der Waals surface area contributed by atoms with Crippen LogP contribution in [0.3, 0.4) is 0 Å². The van der Waals surface area contributed by atoms with E-state index in [1.54, 1.807) is 18.2 Å². The summed E-state index contributed by atoms with van der Waals surface area (Å²) in [5, 5.41) is 6.08. The van der Waals surface area contributed by atoms with Gasteiger partial charge in [-0.3, -0.25) is 9.59 Å². The number of amides is 2. The molecule has 6 heteroatoms. The Balaban J connectivity index is 2.11. The van der Waals surface area contributed by atoms with E-state index in [2.05, 4.69) is 33.2 Å². The Bertz CT molecular complexity index is 507. The zero-order valence-corrected chi connectivity index (χ0v) is 13.1. The largest absolute Gasteiger partial charge is 0.354 e. The van der Waals surface area contributed by atoms with Crippen LogP contribution < -0.4 is 10.6 Å². The van der Waals surface area contributed by atoms with E-state index in [9.17, 15) is 9.59 Å². The second-order valence-corrected chi connectivity index (χ2v) is 6.04. The maximum Gasteiger partial charge on any atom is 0.253 e. The van der Waals surface area contributed by atoms with Gasteiger partial charge < -0.3 is 10.6 Å². The number of carbonyl (C=O) groups excluding carboxylic acids is 2. The standard InChI is InChI=1S/C13H14ClIN2O2/c14-8-4-5-10(15)9(7-8)12(18)17-11-3-1-2-6-16-13(11)19/h4-5,7,11H,1-3,6H2,(H,16,19)(H,17,18). The molecule has 0 spiro atoms. The Hall–Kier alpha value is -0.820. The van der Waals surface area contributed by atoms with Crippen molar-refractivity contribution in [2.45, 2.75) is 25.3 Å². The fourth-order valence-corrected chi connectivity index (χ4v) is 2.74. The highest BCUT2D eigenvalue weighted by Crippen LogP contribution is 2.18. The highest BCUT2D eigenvalue weighted by molar-refractivity contribution is 14.1. The van der Waals surface area contributed by atoms with Crippen molar-refractivity contribution < 1.29 is 9.59 Å². The molecule has 2 rings (SSSR count). The minimum absolute atomic E-state index is 0.108. The van der Waals surface area contributed by atoms with E-state index in [-0.39, 0.29) is 11.8 Å². The van der Waals surface area contributed by atoms with Gasteiger partial charge in [-0.2, -0.15) is 0 Å². The molecule has 2 N–H and O–H groups in total. The van der Waals surface area contributed by atoms with Crippen LogP contribution in [0, 0.1) is 3.57 Å². The fourth-order valence-electron chi connectivity index (χ4n) is 1.98. The summed E-state index contributed by atoms with van der Waals surface area (Å²) in [7, 11) is 0. The van der Waals surface area contributed by atoms with Crippen molar-refractivity contribution in [2.24, 2.45) is 0 Å². The molecule has 0 radical (unpaired) electrons. The van der Waals surface area contributed by atoms with Crippen molar-refractivity contribution in [3.8, 4) is 0 Å². The zero-order valence-electron chi connectivity index (χ0n) is 10.2. The second kappa shape index (κ2) is 6.56. The van der Waals surface area contributed by atoms with E-state index in [0.717, 1.165) is 16.4 Å². The predicted molar refractivity (Wildman–Crippen MR) is 82.3 cm³/mol. The van der Waals surface area contributed by atoms with E-state index in [1.165, 1.54) is 0 Å². The third-order valence-electron chi connectivity index (χ3n) is 3.01. The molecule has 0 aromatic heterocycles. The van der Waals surface area contributed by atoms with Gasteiger partial charge in [-0.15, -0.1) is 0 Å². The van der Waals surface area contributed by atoms with Crippen molar-refractivity contribution >= 4 is 46.0 Å². The topological polar surface area (TPSA) is 58.2 Å². The molecule has 1 saturated heterocycles. The third-order valence-corrected chi connectivity index (χ3v) is 4.19. The number of hydrogen-bond acceptors (Lipinski definition) is 2. The van der Waals surface area contributed by atoms with E-state index in [0.29, 0.717) is 23.6 Å². The highest BCUT2D eigenvalue weighted by atomic mass is 127. The molecule has 0 saturated carbocycles. The molecule has 0 bridgehead atoms. The summed E-state index contributed by atoms with van der Waals surface area (Å²) in [5.74, 6) is -0.364. The Morgan fingerprint density at radius 3 is 3.00 bits per heavy atom. The number of benzene rings is 1. The van der Waals surface area contributed by atoms with Crippen molar-refractivity contribution in [3.63, 3.8) is 0 Å². The normalized spacial score (nSPS) is 19.5. The van der Waals surface area contributed by atoms with Crippen molar-refractivity contribution in [3.05, 3.63) is 32.4 Å². The molecule has 1 aromatic carbocycles. The number of carbonyl (C=O) groups is 2. The Morgan fingerprint density at radius 2 is 2.21 bits per heavy atom. The van der Waals surface area contributed by atoms with Crippen LogP contribution in [0.1, 0.15) is 29.6 Å². The molecule has 2 amide bonds. The van der Waals surface area contributed by atoms with E-state index in [1.807, 2.05) is 0 Å². The first-order chi connectivity index (χ1) is 9.08. The maximum atomic E-state index is 12.2. The molecular weight excluding hydrogens is 379 g/mol. The summed E-state index contributed by atoms with van der Waals surface area (Å²) in [6, 6.07) is 4.68. The van der Waals surface area contributed by atoms with Gasteiger partial charge in [0.25, 0.3) is 5.91 Å².